The first-order valence-electron chi connectivity index (χ1n) is 11.1. The molecule has 0 amide bonds. The first-order valence-corrected chi connectivity index (χ1v) is 11.1. The zero-order valence-electron chi connectivity index (χ0n) is 17.8. The molecule has 0 saturated heterocycles. The van der Waals surface area contributed by atoms with Crippen molar-refractivity contribution in [3.05, 3.63) is 95.3 Å². The van der Waals surface area contributed by atoms with Crippen molar-refractivity contribution in [1.82, 2.24) is 0 Å². The Morgan fingerprint density at radius 2 is 1.73 bits per heavy atom. The summed E-state index contributed by atoms with van der Waals surface area (Å²) in [4.78, 5) is 0. The number of allylic oxidation sites excluding steroid dienone is 1. The van der Waals surface area contributed by atoms with Gasteiger partial charge < -0.3 is 0 Å². The van der Waals surface area contributed by atoms with Gasteiger partial charge in [0.25, 0.3) is 0 Å². The van der Waals surface area contributed by atoms with Crippen LogP contribution in [0.25, 0.3) is 10.8 Å². The molecule has 30 heavy (non-hydrogen) atoms. The predicted molar refractivity (Wildman–Crippen MR) is 125 cm³/mol. The van der Waals surface area contributed by atoms with E-state index in [4.69, 9.17) is 0 Å². The van der Waals surface area contributed by atoms with Crippen molar-refractivity contribution in [3.8, 4) is 11.8 Å². The molecule has 0 radical (unpaired) electrons. The molecule has 1 aliphatic rings. The molecule has 3 aromatic rings. The van der Waals surface area contributed by atoms with Gasteiger partial charge in [-0.05, 0) is 72.2 Å². The van der Waals surface area contributed by atoms with Gasteiger partial charge in [0.15, 0.2) is 0 Å². The number of hydrogen-bond donors (Lipinski definition) is 0. The second-order valence-corrected chi connectivity index (χ2v) is 8.64. The van der Waals surface area contributed by atoms with Crippen LogP contribution in [0.5, 0.6) is 0 Å². The van der Waals surface area contributed by atoms with Gasteiger partial charge in [-0.3, -0.25) is 0 Å². The van der Waals surface area contributed by atoms with Crippen LogP contribution in [0.3, 0.4) is 0 Å². The Kier molecular flexibility index (Phi) is 6.34. The molecule has 0 aromatic heterocycles. The number of rotatable bonds is 4. The van der Waals surface area contributed by atoms with Crippen LogP contribution in [0.4, 0.5) is 4.39 Å². The van der Waals surface area contributed by atoms with E-state index in [0.717, 1.165) is 29.7 Å². The van der Waals surface area contributed by atoms with E-state index in [-0.39, 0.29) is 5.82 Å². The van der Waals surface area contributed by atoms with E-state index in [2.05, 4.69) is 55.7 Å². The Labute approximate surface area is 179 Å². The molecule has 1 saturated carbocycles. The first kappa shape index (κ1) is 20.4. The van der Waals surface area contributed by atoms with Crippen LogP contribution >= 0.6 is 0 Å². The summed E-state index contributed by atoms with van der Waals surface area (Å²) in [5, 5.41) is 1.55. The monoisotopic (exact) mass is 396 g/mol. The zero-order chi connectivity index (χ0) is 20.9. The lowest BCUT2D eigenvalue weighted by Gasteiger charge is -2.26. The van der Waals surface area contributed by atoms with Gasteiger partial charge in [0.2, 0.25) is 0 Å². The van der Waals surface area contributed by atoms with E-state index in [1.165, 1.54) is 36.8 Å². The van der Waals surface area contributed by atoms with Crippen molar-refractivity contribution in [2.24, 2.45) is 5.92 Å². The number of fused-ring (bicyclic) bond motifs is 1. The molecule has 0 nitrogen and oxygen atoms in total. The third-order valence-electron chi connectivity index (χ3n) is 6.40. The van der Waals surface area contributed by atoms with E-state index in [0.29, 0.717) is 16.9 Å². The zero-order valence-corrected chi connectivity index (χ0v) is 17.8. The minimum Gasteiger partial charge on any atom is -0.205 e. The molecule has 4 rings (SSSR count). The van der Waals surface area contributed by atoms with E-state index in [1.807, 2.05) is 24.3 Å². The lowest BCUT2D eigenvalue weighted by atomic mass is 9.79. The standard InChI is InChI=1S/C29H29F/c1-3-4-5-23-11-19-28-27(20-23)18-17-26(29(28)30)16-10-22-8-14-25(15-9-22)24-12-6-21(2)7-13-24/h3,8-9,11,14-15,17-21,24H,1,4-7,12-13H2,2H3. The normalized spacial score (nSPS) is 18.6. The van der Waals surface area contributed by atoms with Crippen molar-refractivity contribution < 1.29 is 4.39 Å². The van der Waals surface area contributed by atoms with Crippen LogP contribution in [0.2, 0.25) is 0 Å². The molecular formula is C29H29F. The summed E-state index contributed by atoms with van der Waals surface area (Å²) in [6, 6.07) is 18.2. The summed E-state index contributed by atoms with van der Waals surface area (Å²) in [5.41, 5.74) is 4.00. The maximum atomic E-state index is 15.0. The Balaban J connectivity index is 1.51. The molecule has 3 aromatic carbocycles. The van der Waals surface area contributed by atoms with Gasteiger partial charge in [0.05, 0.1) is 5.56 Å². The van der Waals surface area contributed by atoms with E-state index >= 15 is 0 Å². The molecule has 1 aliphatic carbocycles. The lowest BCUT2D eigenvalue weighted by molar-refractivity contribution is 0.348. The molecule has 0 aliphatic heterocycles. The van der Waals surface area contributed by atoms with Gasteiger partial charge in [-0.15, -0.1) is 6.58 Å². The fraction of sp³-hybridized carbons (Fsp3) is 0.310. The maximum absolute atomic E-state index is 15.0. The number of hydrogen-bond acceptors (Lipinski definition) is 0. The Morgan fingerprint density at radius 3 is 2.47 bits per heavy atom. The van der Waals surface area contributed by atoms with E-state index < -0.39 is 0 Å². The van der Waals surface area contributed by atoms with Crippen molar-refractivity contribution in [2.75, 3.05) is 0 Å². The van der Waals surface area contributed by atoms with Gasteiger partial charge in [-0.1, -0.05) is 74.1 Å². The second kappa shape index (κ2) is 9.31. The van der Waals surface area contributed by atoms with Crippen LogP contribution in [0.1, 0.15) is 67.2 Å². The number of halogens is 1. The highest BCUT2D eigenvalue weighted by Gasteiger charge is 2.19. The third kappa shape index (κ3) is 4.65. The fourth-order valence-electron chi connectivity index (χ4n) is 4.43. The van der Waals surface area contributed by atoms with Gasteiger partial charge >= 0.3 is 0 Å². The van der Waals surface area contributed by atoms with Crippen molar-refractivity contribution in [1.29, 1.82) is 0 Å². The highest BCUT2D eigenvalue weighted by atomic mass is 19.1. The first-order chi connectivity index (χ1) is 14.6. The topological polar surface area (TPSA) is 0 Å². The molecule has 0 unspecified atom stereocenters. The Hall–Kier alpha value is -2.85. The SMILES string of the molecule is C=CCCc1ccc2c(F)c(C#Cc3ccc(C4CCC(C)CC4)cc3)ccc2c1. The predicted octanol–water partition coefficient (Wildman–Crippen LogP) is 7.79. The molecule has 1 heteroatoms. The summed E-state index contributed by atoms with van der Waals surface area (Å²) in [5.74, 6) is 7.49. The van der Waals surface area contributed by atoms with Gasteiger partial charge in [0, 0.05) is 10.9 Å². The van der Waals surface area contributed by atoms with Gasteiger partial charge in [-0.2, -0.15) is 0 Å². The molecule has 0 atom stereocenters. The van der Waals surface area contributed by atoms with Crippen LogP contribution in [0, 0.1) is 23.6 Å². The summed E-state index contributed by atoms with van der Waals surface area (Å²) in [6.07, 6.45) is 8.97. The summed E-state index contributed by atoms with van der Waals surface area (Å²) >= 11 is 0. The number of aryl methyl sites for hydroxylation is 1. The van der Waals surface area contributed by atoms with E-state index in [1.54, 1.807) is 6.07 Å². The minimum atomic E-state index is -0.233. The summed E-state index contributed by atoms with van der Waals surface area (Å²) in [7, 11) is 0. The van der Waals surface area contributed by atoms with Crippen LogP contribution < -0.4 is 0 Å². The molecule has 0 N–H and O–H groups in total. The quantitative estimate of drug-likeness (QED) is 0.312. The molecule has 0 bridgehead atoms. The molecule has 1 fully saturated rings. The third-order valence-corrected chi connectivity index (χ3v) is 6.40. The minimum absolute atomic E-state index is 0.233. The molecule has 0 spiro atoms. The molecule has 0 heterocycles. The average molecular weight is 397 g/mol. The lowest BCUT2D eigenvalue weighted by Crippen LogP contribution is -2.10. The Morgan fingerprint density at radius 1 is 0.967 bits per heavy atom. The second-order valence-electron chi connectivity index (χ2n) is 8.64. The van der Waals surface area contributed by atoms with Crippen LogP contribution in [-0.4, -0.2) is 0 Å². The van der Waals surface area contributed by atoms with Gasteiger partial charge in [-0.25, -0.2) is 4.39 Å². The number of benzene rings is 3. The smallest absolute Gasteiger partial charge is 0.146 e. The Bertz CT molecular complexity index is 1090. The van der Waals surface area contributed by atoms with Crippen molar-refractivity contribution in [3.63, 3.8) is 0 Å². The largest absolute Gasteiger partial charge is 0.205 e. The highest BCUT2D eigenvalue weighted by Crippen LogP contribution is 2.35. The summed E-state index contributed by atoms with van der Waals surface area (Å²) < 4.78 is 15.0. The summed E-state index contributed by atoms with van der Waals surface area (Å²) in [6.45, 7) is 6.11. The average Bonchev–Trinajstić information content (AvgIpc) is 2.78. The van der Waals surface area contributed by atoms with Crippen molar-refractivity contribution in [2.45, 2.75) is 51.4 Å². The highest BCUT2D eigenvalue weighted by molar-refractivity contribution is 5.85. The van der Waals surface area contributed by atoms with E-state index in [9.17, 15) is 4.39 Å². The molecule has 152 valence electrons. The van der Waals surface area contributed by atoms with Gasteiger partial charge in [0.1, 0.15) is 5.82 Å². The molecular weight excluding hydrogens is 367 g/mol. The van der Waals surface area contributed by atoms with Crippen LogP contribution in [-0.2, 0) is 6.42 Å². The van der Waals surface area contributed by atoms with Crippen LogP contribution in [0.15, 0.2) is 67.3 Å². The maximum Gasteiger partial charge on any atom is 0.146 e. The fourth-order valence-corrected chi connectivity index (χ4v) is 4.43. The van der Waals surface area contributed by atoms with Crippen molar-refractivity contribution >= 4 is 10.8 Å².